The van der Waals surface area contributed by atoms with E-state index in [1.54, 1.807) is 12.1 Å². The zero-order chi connectivity index (χ0) is 16.4. The third-order valence-corrected chi connectivity index (χ3v) is 3.75. The van der Waals surface area contributed by atoms with Crippen molar-refractivity contribution in [2.24, 2.45) is 0 Å². The molecule has 0 unspecified atom stereocenters. The van der Waals surface area contributed by atoms with Crippen LogP contribution in [0, 0.1) is 0 Å². The Kier molecular flexibility index (Phi) is 8.35. The van der Waals surface area contributed by atoms with Crippen molar-refractivity contribution in [1.82, 2.24) is 0 Å². The predicted molar refractivity (Wildman–Crippen MR) is 97.2 cm³/mol. The van der Waals surface area contributed by atoms with Crippen LogP contribution < -0.4 is 0 Å². The number of aromatic hydroxyl groups is 1. The van der Waals surface area contributed by atoms with E-state index in [0.29, 0.717) is 5.75 Å². The molecule has 0 saturated carbocycles. The van der Waals surface area contributed by atoms with E-state index >= 15 is 0 Å². The van der Waals surface area contributed by atoms with Gasteiger partial charge in [0, 0.05) is 0 Å². The zero-order valence-corrected chi connectivity index (χ0v) is 14.5. The summed E-state index contributed by atoms with van der Waals surface area (Å²) in [6, 6.07) is 7.45. The summed E-state index contributed by atoms with van der Waals surface area (Å²) in [4.78, 5) is 0. The molecule has 120 valence electrons. The molecule has 1 rings (SSSR count). The first-order valence-corrected chi connectivity index (χ1v) is 8.20. The number of hydrogen-bond acceptors (Lipinski definition) is 1. The van der Waals surface area contributed by atoms with Gasteiger partial charge < -0.3 is 5.11 Å². The largest absolute Gasteiger partial charge is 0.508 e. The number of benzene rings is 1. The van der Waals surface area contributed by atoms with Gasteiger partial charge in [0.15, 0.2) is 0 Å². The highest BCUT2D eigenvalue weighted by atomic mass is 16.3. The van der Waals surface area contributed by atoms with Crippen molar-refractivity contribution in [3.05, 3.63) is 64.8 Å². The maximum absolute atomic E-state index is 9.27. The summed E-state index contributed by atoms with van der Waals surface area (Å²) < 4.78 is 0. The van der Waals surface area contributed by atoms with Gasteiger partial charge in [-0.25, -0.2) is 0 Å². The first-order chi connectivity index (χ1) is 10.5. The van der Waals surface area contributed by atoms with Crippen LogP contribution in [0.1, 0.15) is 58.9 Å². The molecule has 0 aliphatic carbocycles. The van der Waals surface area contributed by atoms with Gasteiger partial charge >= 0.3 is 0 Å². The maximum Gasteiger partial charge on any atom is 0.115 e. The van der Waals surface area contributed by atoms with Gasteiger partial charge in [-0.2, -0.15) is 0 Å². The van der Waals surface area contributed by atoms with Gasteiger partial charge in [-0.15, -0.1) is 0 Å². The van der Waals surface area contributed by atoms with Crippen LogP contribution in [-0.2, 0) is 6.42 Å². The van der Waals surface area contributed by atoms with Crippen LogP contribution in [0.2, 0.25) is 0 Å². The highest BCUT2D eigenvalue weighted by molar-refractivity contribution is 5.27. The van der Waals surface area contributed by atoms with E-state index in [9.17, 15) is 5.11 Å². The van der Waals surface area contributed by atoms with Gasteiger partial charge in [-0.05, 0) is 77.5 Å². The second-order valence-corrected chi connectivity index (χ2v) is 6.33. The predicted octanol–water partition coefficient (Wildman–Crippen LogP) is 6.35. The minimum atomic E-state index is 0.332. The molecule has 0 saturated heterocycles. The minimum Gasteiger partial charge on any atom is -0.508 e. The molecule has 0 fully saturated rings. The Balaban J connectivity index is 2.32. The molecule has 0 bridgehead atoms. The van der Waals surface area contributed by atoms with Crippen molar-refractivity contribution in [3.63, 3.8) is 0 Å². The maximum atomic E-state index is 9.27. The normalized spacial score (nSPS) is 12.4. The molecule has 22 heavy (non-hydrogen) atoms. The number of phenolic OH excluding ortho intramolecular Hbond substituents is 1. The fourth-order valence-electron chi connectivity index (χ4n) is 2.26. The lowest BCUT2D eigenvalue weighted by Gasteiger charge is -2.02. The number of hydrogen-bond donors (Lipinski definition) is 1. The number of phenols is 1. The molecule has 1 nitrogen and oxygen atoms in total. The van der Waals surface area contributed by atoms with Gasteiger partial charge in [-0.3, -0.25) is 0 Å². The zero-order valence-electron chi connectivity index (χ0n) is 14.5. The molecule has 1 aromatic rings. The molecule has 0 amide bonds. The second-order valence-electron chi connectivity index (χ2n) is 6.33. The van der Waals surface area contributed by atoms with Gasteiger partial charge in [0.25, 0.3) is 0 Å². The van der Waals surface area contributed by atoms with E-state index in [4.69, 9.17) is 0 Å². The molecule has 1 aromatic carbocycles. The monoisotopic (exact) mass is 298 g/mol. The Labute approximate surface area is 136 Å². The van der Waals surface area contributed by atoms with Gasteiger partial charge in [0.2, 0.25) is 0 Å². The smallest absolute Gasteiger partial charge is 0.115 e. The first-order valence-electron chi connectivity index (χ1n) is 8.20. The first kappa shape index (κ1) is 18.3. The van der Waals surface area contributed by atoms with Crippen molar-refractivity contribution in [2.45, 2.75) is 59.8 Å². The summed E-state index contributed by atoms with van der Waals surface area (Å²) in [5, 5.41) is 9.27. The molecule has 0 aliphatic heterocycles. The summed E-state index contributed by atoms with van der Waals surface area (Å²) in [5.74, 6) is 0.332. The fraction of sp³-hybridized carbons (Fsp3) is 0.429. The van der Waals surface area contributed by atoms with Crippen molar-refractivity contribution in [2.75, 3.05) is 0 Å². The lowest BCUT2D eigenvalue weighted by Crippen LogP contribution is -1.84. The number of allylic oxidation sites excluding steroid dienone is 6. The molecule has 0 heterocycles. The molecular formula is C21H30O. The third-order valence-electron chi connectivity index (χ3n) is 3.75. The third kappa shape index (κ3) is 8.51. The topological polar surface area (TPSA) is 20.2 Å². The molecule has 0 aliphatic rings. The molecule has 0 atom stereocenters. The van der Waals surface area contributed by atoms with E-state index in [1.807, 2.05) is 12.1 Å². The minimum absolute atomic E-state index is 0.332. The average molecular weight is 298 g/mol. The summed E-state index contributed by atoms with van der Waals surface area (Å²) >= 11 is 0. The Morgan fingerprint density at radius 3 is 1.95 bits per heavy atom. The van der Waals surface area contributed by atoms with Crippen molar-refractivity contribution < 1.29 is 5.11 Å². The van der Waals surface area contributed by atoms with Crippen molar-refractivity contribution >= 4 is 0 Å². The highest BCUT2D eigenvalue weighted by Crippen LogP contribution is 2.14. The van der Waals surface area contributed by atoms with E-state index in [1.165, 1.54) is 28.7 Å². The van der Waals surface area contributed by atoms with Gasteiger partial charge in [0.05, 0.1) is 0 Å². The fourth-order valence-corrected chi connectivity index (χ4v) is 2.26. The summed E-state index contributed by atoms with van der Waals surface area (Å²) in [7, 11) is 0. The highest BCUT2D eigenvalue weighted by Gasteiger charge is 1.94. The van der Waals surface area contributed by atoms with Crippen molar-refractivity contribution in [3.8, 4) is 5.75 Å². The van der Waals surface area contributed by atoms with Crippen LogP contribution in [-0.4, -0.2) is 5.11 Å². The van der Waals surface area contributed by atoms with E-state index < -0.39 is 0 Å². The standard InChI is InChI=1S/C21H30O/c1-17(2)7-5-8-18(3)9-6-10-19(4)11-12-20-13-15-21(22)16-14-20/h7,9,11,13-16,22H,5-6,8,10,12H2,1-4H3. The van der Waals surface area contributed by atoms with Crippen LogP contribution >= 0.6 is 0 Å². The van der Waals surface area contributed by atoms with Crippen LogP contribution in [0.5, 0.6) is 5.75 Å². The number of rotatable bonds is 8. The quantitative estimate of drug-likeness (QED) is 0.554. The van der Waals surface area contributed by atoms with Gasteiger partial charge in [-0.1, -0.05) is 47.1 Å². The van der Waals surface area contributed by atoms with E-state index in [0.717, 1.165) is 25.7 Å². The Hall–Kier alpha value is -1.76. The molecule has 0 spiro atoms. The van der Waals surface area contributed by atoms with Gasteiger partial charge in [0.1, 0.15) is 5.75 Å². The molecular weight excluding hydrogens is 268 g/mol. The SMILES string of the molecule is CC(C)=CCCC(C)=CCCC(C)=CCc1ccc(O)cc1. The average Bonchev–Trinajstić information content (AvgIpc) is 2.46. The Morgan fingerprint density at radius 2 is 1.36 bits per heavy atom. The molecule has 1 N–H and O–H groups in total. The lowest BCUT2D eigenvalue weighted by molar-refractivity contribution is 0.475. The summed E-state index contributed by atoms with van der Waals surface area (Å²) in [6.07, 6.45) is 12.5. The van der Waals surface area contributed by atoms with Crippen LogP contribution in [0.25, 0.3) is 0 Å². The molecule has 0 radical (unpaired) electrons. The molecule has 1 heteroatoms. The Morgan fingerprint density at radius 1 is 0.818 bits per heavy atom. The summed E-state index contributed by atoms with van der Waals surface area (Å²) in [6.45, 7) is 8.74. The van der Waals surface area contributed by atoms with Crippen LogP contribution in [0.3, 0.4) is 0 Å². The van der Waals surface area contributed by atoms with Crippen LogP contribution in [0.15, 0.2) is 59.2 Å². The van der Waals surface area contributed by atoms with E-state index in [-0.39, 0.29) is 0 Å². The molecule has 0 aromatic heterocycles. The van der Waals surface area contributed by atoms with E-state index in [2.05, 4.69) is 45.9 Å². The van der Waals surface area contributed by atoms with Crippen molar-refractivity contribution in [1.29, 1.82) is 0 Å². The summed E-state index contributed by atoms with van der Waals surface area (Å²) in [5.41, 5.74) is 5.57. The lowest BCUT2D eigenvalue weighted by atomic mass is 10.0. The Bertz CT molecular complexity index is 526. The second kappa shape index (κ2) is 10.0. The van der Waals surface area contributed by atoms with Crippen LogP contribution in [0.4, 0.5) is 0 Å².